The molecule has 0 aliphatic carbocycles. The topological polar surface area (TPSA) is 104 Å². The molecular formula is C22H24N4O5S. The van der Waals surface area contributed by atoms with E-state index in [1.54, 1.807) is 13.8 Å². The van der Waals surface area contributed by atoms with Crippen molar-refractivity contribution in [2.45, 2.75) is 26.8 Å². The third-order valence-corrected chi connectivity index (χ3v) is 5.81. The molecule has 1 amide bonds. The van der Waals surface area contributed by atoms with Crippen molar-refractivity contribution >= 4 is 28.3 Å². The first-order chi connectivity index (χ1) is 15.3. The molecule has 0 N–H and O–H groups in total. The fourth-order valence-electron chi connectivity index (χ4n) is 3.07. The number of carbonyl (C=O) groups excluding carboxylic acids is 2. The predicted octanol–water partition coefficient (Wildman–Crippen LogP) is 1.76. The van der Waals surface area contributed by atoms with Crippen molar-refractivity contribution in [3.05, 3.63) is 79.6 Å². The van der Waals surface area contributed by atoms with Crippen molar-refractivity contribution < 1.29 is 14.3 Å². The number of benzene rings is 1. The van der Waals surface area contributed by atoms with Crippen molar-refractivity contribution in [3.63, 3.8) is 0 Å². The summed E-state index contributed by atoms with van der Waals surface area (Å²) in [6, 6.07) is 10.9. The number of ether oxygens (including phenoxy) is 1. The van der Waals surface area contributed by atoms with Gasteiger partial charge in [-0.05, 0) is 25.8 Å². The van der Waals surface area contributed by atoms with Crippen LogP contribution >= 0.6 is 11.3 Å². The largest absolute Gasteiger partial charge is 0.461 e. The van der Waals surface area contributed by atoms with Crippen LogP contribution < -0.4 is 16.1 Å². The highest BCUT2D eigenvalue weighted by molar-refractivity contribution is 7.16. The Morgan fingerprint density at radius 1 is 1.16 bits per heavy atom. The second-order valence-corrected chi connectivity index (χ2v) is 8.21. The van der Waals surface area contributed by atoms with E-state index in [1.807, 2.05) is 30.3 Å². The number of hydrogen-bond donors (Lipinski definition) is 0. The lowest BCUT2D eigenvalue weighted by Gasteiger charge is -2.20. The van der Waals surface area contributed by atoms with Gasteiger partial charge < -0.3 is 4.74 Å². The quantitative estimate of drug-likeness (QED) is 0.479. The average molecular weight is 457 g/mol. The zero-order valence-corrected chi connectivity index (χ0v) is 18.9. The van der Waals surface area contributed by atoms with E-state index in [1.165, 1.54) is 40.1 Å². The summed E-state index contributed by atoms with van der Waals surface area (Å²) in [5, 5.41) is 0.351. The van der Waals surface area contributed by atoms with Crippen LogP contribution in [0.15, 0.2) is 52.2 Å². The molecule has 0 aliphatic heterocycles. The van der Waals surface area contributed by atoms with Gasteiger partial charge in [0.2, 0.25) is 5.91 Å². The lowest BCUT2D eigenvalue weighted by atomic mass is 10.1. The van der Waals surface area contributed by atoms with Crippen LogP contribution in [0.1, 0.15) is 27.9 Å². The molecule has 0 atom stereocenters. The first kappa shape index (κ1) is 23.1. The van der Waals surface area contributed by atoms with Gasteiger partial charge in [-0.3, -0.25) is 23.6 Å². The summed E-state index contributed by atoms with van der Waals surface area (Å²) in [5.41, 5.74) is 0.165. The minimum Gasteiger partial charge on any atom is -0.461 e. The van der Waals surface area contributed by atoms with Crippen molar-refractivity contribution in [2.75, 3.05) is 18.1 Å². The number of hydrogen-bond acceptors (Lipinski definition) is 7. The van der Waals surface area contributed by atoms with E-state index in [4.69, 9.17) is 4.74 Å². The first-order valence-corrected chi connectivity index (χ1v) is 10.9. The highest BCUT2D eigenvalue weighted by atomic mass is 32.1. The van der Waals surface area contributed by atoms with Gasteiger partial charge in [-0.1, -0.05) is 30.3 Å². The third kappa shape index (κ3) is 5.20. The molecule has 0 fully saturated rings. The molecule has 0 radical (unpaired) electrons. The summed E-state index contributed by atoms with van der Waals surface area (Å²) in [6.07, 6.45) is 1.86. The minimum absolute atomic E-state index is 0.170. The monoisotopic (exact) mass is 456 g/mol. The summed E-state index contributed by atoms with van der Waals surface area (Å²) >= 11 is 1.21. The number of aryl methyl sites for hydroxylation is 1. The van der Waals surface area contributed by atoms with E-state index >= 15 is 0 Å². The first-order valence-electron chi connectivity index (χ1n) is 10.1. The maximum absolute atomic E-state index is 13.2. The molecule has 2 aromatic heterocycles. The Morgan fingerprint density at radius 2 is 1.88 bits per heavy atom. The van der Waals surface area contributed by atoms with Crippen LogP contribution in [0.3, 0.4) is 0 Å². The van der Waals surface area contributed by atoms with Crippen LogP contribution in [0.4, 0.5) is 5.13 Å². The Morgan fingerprint density at radius 3 is 2.56 bits per heavy atom. The number of rotatable bonds is 8. The van der Waals surface area contributed by atoms with Crippen LogP contribution in [0, 0.1) is 6.92 Å². The summed E-state index contributed by atoms with van der Waals surface area (Å²) < 4.78 is 7.16. The van der Waals surface area contributed by atoms with Gasteiger partial charge in [-0.25, -0.2) is 14.6 Å². The molecule has 0 saturated heterocycles. The standard InChI is InChI=1S/C22H24N4O5S/c1-4-31-20(29)19-15(2)32-21(23-19)26(13-10-16-8-6-5-7-9-16)18(28)14-25-12-11-17(27)24(3)22(25)30/h5-9,11-12H,4,10,13-14H2,1-3H3. The molecule has 0 spiro atoms. The number of amides is 1. The lowest BCUT2D eigenvalue weighted by Crippen LogP contribution is -2.42. The Kier molecular flexibility index (Phi) is 7.37. The highest BCUT2D eigenvalue weighted by Gasteiger charge is 2.24. The van der Waals surface area contributed by atoms with Crippen LogP contribution in [0.5, 0.6) is 0 Å². The average Bonchev–Trinajstić information content (AvgIpc) is 3.16. The normalized spacial score (nSPS) is 10.7. The molecule has 10 heteroatoms. The number of thiazole rings is 1. The molecule has 0 unspecified atom stereocenters. The molecule has 0 bridgehead atoms. The Balaban J connectivity index is 1.92. The van der Waals surface area contributed by atoms with Gasteiger partial charge in [0.05, 0.1) is 6.61 Å². The van der Waals surface area contributed by atoms with Crippen LogP contribution in [0.25, 0.3) is 0 Å². The molecule has 2 heterocycles. The zero-order valence-electron chi connectivity index (χ0n) is 18.1. The molecule has 0 aliphatic rings. The van der Waals surface area contributed by atoms with E-state index in [0.717, 1.165) is 10.1 Å². The van der Waals surface area contributed by atoms with Gasteiger partial charge in [-0.15, -0.1) is 11.3 Å². The van der Waals surface area contributed by atoms with Gasteiger partial charge in [0, 0.05) is 30.7 Å². The molecule has 168 valence electrons. The van der Waals surface area contributed by atoms with Crippen molar-refractivity contribution in [2.24, 2.45) is 7.05 Å². The number of carbonyl (C=O) groups is 2. The molecular weight excluding hydrogens is 432 g/mol. The Labute approximate surface area is 188 Å². The Hall–Kier alpha value is -3.53. The molecule has 1 aromatic carbocycles. The summed E-state index contributed by atoms with van der Waals surface area (Å²) in [5.74, 6) is -0.928. The predicted molar refractivity (Wildman–Crippen MR) is 121 cm³/mol. The minimum atomic E-state index is -0.587. The van der Waals surface area contributed by atoms with Crippen molar-refractivity contribution in [1.82, 2.24) is 14.1 Å². The fourth-order valence-corrected chi connectivity index (χ4v) is 4.01. The van der Waals surface area contributed by atoms with Crippen LogP contribution in [0.2, 0.25) is 0 Å². The Bertz CT molecular complexity index is 1230. The fraction of sp³-hybridized carbons (Fsp3) is 0.318. The van der Waals surface area contributed by atoms with Crippen molar-refractivity contribution in [3.8, 4) is 0 Å². The number of aromatic nitrogens is 3. The van der Waals surface area contributed by atoms with Crippen LogP contribution in [-0.2, 0) is 29.5 Å². The highest BCUT2D eigenvalue weighted by Crippen LogP contribution is 2.27. The van der Waals surface area contributed by atoms with E-state index in [0.29, 0.717) is 23.0 Å². The zero-order chi connectivity index (χ0) is 23.3. The third-order valence-electron chi connectivity index (χ3n) is 4.82. The molecule has 3 rings (SSSR count). The summed E-state index contributed by atoms with van der Waals surface area (Å²) in [7, 11) is 1.36. The SMILES string of the molecule is CCOC(=O)c1nc(N(CCc2ccccc2)C(=O)Cn2ccc(=O)n(C)c2=O)sc1C. The maximum atomic E-state index is 13.2. The number of esters is 1. The van der Waals surface area contributed by atoms with Gasteiger partial charge in [0.1, 0.15) is 6.54 Å². The summed E-state index contributed by atoms with van der Waals surface area (Å²) in [4.78, 5) is 55.9. The number of anilines is 1. The second-order valence-electron chi connectivity index (χ2n) is 7.03. The summed E-state index contributed by atoms with van der Waals surface area (Å²) in [6.45, 7) is 3.71. The maximum Gasteiger partial charge on any atom is 0.358 e. The van der Waals surface area contributed by atoms with Crippen molar-refractivity contribution in [1.29, 1.82) is 0 Å². The number of nitrogens with zero attached hydrogens (tertiary/aromatic N) is 4. The molecule has 9 nitrogen and oxygen atoms in total. The second kappa shape index (κ2) is 10.2. The molecule has 32 heavy (non-hydrogen) atoms. The van der Waals surface area contributed by atoms with E-state index in [9.17, 15) is 19.2 Å². The smallest absolute Gasteiger partial charge is 0.358 e. The van der Waals surface area contributed by atoms with Crippen LogP contribution in [-0.4, -0.2) is 39.1 Å². The van der Waals surface area contributed by atoms with Gasteiger partial charge >= 0.3 is 11.7 Å². The van der Waals surface area contributed by atoms with E-state index < -0.39 is 17.2 Å². The molecule has 3 aromatic rings. The van der Waals surface area contributed by atoms with Gasteiger partial charge in [0.25, 0.3) is 5.56 Å². The lowest BCUT2D eigenvalue weighted by molar-refractivity contribution is -0.119. The van der Waals surface area contributed by atoms with E-state index in [-0.39, 0.29) is 24.8 Å². The molecule has 0 saturated carbocycles. The van der Waals surface area contributed by atoms with Gasteiger partial charge in [0.15, 0.2) is 10.8 Å². The van der Waals surface area contributed by atoms with E-state index in [2.05, 4.69) is 4.98 Å². The van der Waals surface area contributed by atoms with Gasteiger partial charge in [-0.2, -0.15) is 0 Å².